The van der Waals surface area contributed by atoms with Gasteiger partial charge in [-0.2, -0.15) is 4.98 Å². The minimum Gasteiger partial charge on any atom is -0.497 e. The molecule has 0 aliphatic rings. The van der Waals surface area contributed by atoms with Gasteiger partial charge in [-0.25, -0.2) is 4.98 Å². The van der Waals surface area contributed by atoms with Crippen LogP contribution in [-0.4, -0.2) is 17.1 Å². The summed E-state index contributed by atoms with van der Waals surface area (Å²) in [6.45, 7) is 6.82. The third-order valence-corrected chi connectivity index (χ3v) is 4.24. The maximum absolute atomic E-state index is 5.18. The van der Waals surface area contributed by atoms with E-state index in [4.69, 9.17) is 4.74 Å². The molecular weight excluding hydrogens is 324 g/mol. The van der Waals surface area contributed by atoms with Crippen LogP contribution in [0.25, 0.3) is 0 Å². The third kappa shape index (κ3) is 4.51. The van der Waals surface area contributed by atoms with Crippen molar-refractivity contribution in [3.63, 3.8) is 0 Å². The highest BCUT2D eigenvalue weighted by molar-refractivity contribution is 5.59. The minimum atomic E-state index is 0.604. The molecule has 0 amide bonds. The van der Waals surface area contributed by atoms with Crippen molar-refractivity contribution in [2.45, 2.75) is 27.3 Å². The largest absolute Gasteiger partial charge is 0.497 e. The Balaban J connectivity index is 1.71. The van der Waals surface area contributed by atoms with E-state index in [1.54, 1.807) is 7.11 Å². The molecule has 0 radical (unpaired) electrons. The van der Waals surface area contributed by atoms with Gasteiger partial charge in [-0.05, 0) is 61.7 Å². The molecule has 2 N–H and O–H groups in total. The second kappa shape index (κ2) is 7.87. The van der Waals surface area contributed by atoms with Crippen LogP contribution in [0.2, 0.25) is 0 Å². The van der Waals surface area contributed by atoms with Crippen molar-refractivity contribution in [2.75, 3.05) is 17.7 Å². The van der Waals surface area contributed by atoms with Gasteiger partial charge < -0.3 is 15.4 Å². The first-order valence-electron chi connectivity index (χ1n) is 8.60. The summed E-state index contributed by atoms with van der Waals surface area (Å²) in [5, 5.41) is 6.64. The fraction of sp³-hybridized carbons (Fsp3) is 0.238. The summed E-state index contributed by atoms with van der Waals surface area (Å²) in [5.74, 6) is 2.23. The van der Waals surface area contributed by atoms with E-state index in [9.17, 15) is 0 Å². The van der Waals surface area contributed by atoms with Crippen LogP contribution in [0.1, 0.15) is 22.4 Å². The molecular formula is C21H24N4O. The molecule has 5 heteroatoms. The molecule has 3 aromatic rings. The molecule has 0 saturated carbocycles. The van der Waals surface area contributed by atoms with Crippen LogP contribution in [0.3, 0.4) is 0 Å². The van der Waals surface area contributed by atoms with E-state index in [1.165, 1.54) is 11.1 Å². The lowest BCUT2D eigenvalue weighted by Gasteiger charge is -2.11. The molecule has 0 unspecified atom stereocenters. The Morgan fingerprint density at radius 2 is 1.65 bits per heavy atom. The molecule has 2 aromatic carbocycles. The van der Waals surface area contributed by atoms with Crippen molar-refractivity contribution in [2.24, 2.45) is 0 Å². The molecule has 0 aliphatic carbocycles. The van der Waals surface area contributed by atoms with Gasteiger partial charge in [-0.3, -0.25) is 0 Å². The van der Waals surface area contributed by atoms with E-state index in [0.717, 1.165) is 28.5 Å². The molecule has 0 saturated heterocycles. The first-order chi connectivity index (χ1) is 12.5. The number of benzene rings is 2. The highest BCUT2D eigenvalue weighted by Crippen LogP contribution is 2.20. The average molecular weight is 348 g/mol. The second-order valence-corrected chi connectivity index (χ2v) is 6.34. The summed E-state index contributed by atoms with van der Waals surface area (Å²) in [5.41, 5.74) is 5.59. The molecule has 5 nitrogen and oxygen atoms in total. The normalized spacial score (nSPS) is 10.5. The molecule has 3 rings (SSSR count). The van der Waals surface area contributed by atoms with Crippen molar-refractivity contribution in [3.05, 3.63) is 70.9 Å². The van der Waals surface area contributed by atoms with Crippen LogP contribution in [0.5, 0.6) is 5.75 Å². The summed E-state index contributed by atoms with van der Waals surface area (Å²) in [6, 6.07) is 16.2. The zero-order valence-corrected chi connectivity index (χ0v) is 15.6. The Hall–Kier alpha value is -3.08. The van der Waals surface area contributed by atoms with Gasteiger partial charge in [-0.1, -0.05) is 18.2 Å². The summed E-state index contributed by atoms with van der Waals surface area (Å²) < 4.78 is 5.18. The number of aryl methyl sites for hydroxylation is 3. The van der Waals surface area contributed by atoms with Gasteiger partial charge in [-0.15, -0.1) is 0 Å². The van der Waals surface area contributed by atoms with Crippen LogP contribution in [0, 0.1) is 20.8 Å². The lowest BCUT2D eigenvalue weighted by Crippen LogP contribution is -2.06. The van der Waals surface area contributed by atoms with Crippen molar-refractivity contribution < 1.29 is 4.74 Å². The number of hydrogen-bond donors (Lipinski definition) is 2. The van der Waals surface area contributed by atoms with Crippen molar-refractivity contribution >= 4 is 17.5 Å². The first-order valence-corrected chi connectivity index (χ1v) is 8.60. The SMILES string of the molecule is COc1ccc(CNc2nc(C)cc(Nc3ccc(C)c(C)c3)n2)cc1. The van der Waals surface area contributed by atoms with E-state index in [0.29, 0.717) is 12.5 Å². The fourth-order valence-corrected chi connectivity index (χ4v) is 2.60. The number of rotatable bonds is 6. The predicted octanol–water partition coefficient (Wildman–Crippen LogP) is 4.77. The van der Waals surface area contributed by atoms with Crippen LogP contribution in [0.15, 0.2) is 48.5 Å². The van der Waals surface area contributed by atoms with Gasteiger partial charge in [0.2, 0.25) is 5.95 Å². The Kier molecular flexibility index (Phi) is 5.37. The van der Waals surface area contributed by atoms with Crippen LogP contribution >= 0.6 is 0 Å². The smallest absolute Gasteiger partial charge is 0.225 e. The Labute approximate surface area is 154 Å². The summed E-state index contributed by atoms with van der Waals surface area (Å²) >= 11 is 0. The number of anilines is 3. The Bertz CT molecular complexity index is 891. The van der Waals surface area contributed by atoms with E-state index in [-0.39, 0.29) is 0 Å². The highest BCUT2D eigenvalue weighted by Gasteiger charge is 2.04. The average Bonchev–Trinajstić information content (AvgIpc) is 2.63. The maximum Gasteiger partial charge on any atom is 0.225 e. The molecule has 1 aromatic heterocycles. The maximum atomic E-state index is 5.18. The first kappa shape index (κ1) is 17.7. The number of hydrogen-bond acceptors (Lipinski definition) is 5. The number of nitrogens with zero attached hydrogens (tertiary/aromatic N) is 2. The number of methoxy groups -OCH3 is 1. The van der Waals surface area contributed by atoms with E-state index < -0.39 is 0 Å². The monoisotopic (exact) mass is 348 g/mol. The summed E-state index contributed by atoms with van der Waals surface area (Å²) in [4.78, 5) is 9.04. The topological polar surface area (TPSA) is 59.1 Å². The van der Waals surface area contributed by atoms with Crippen LogP contribution in [0.4, 0.5) is 17.5 Å². The Morgan fingerprint density at radius 1 is 0.885 bits per heavy atom. The minimum absolute atomic E-state index is 0.604. The molecule has 1 heterocycles. The van der Waals surface area contributed by atoms with Gasteiger partial charge >= 0.3 is 0 Å². The molecule has 26 heavy (non-hydrogen) atoms. The quantitative estimate of drug-likeness (QED) is 0.672. The van der Waals surface area contributed by atoms with Gasteiger partial charge in [0, 0.05) is 24.0 Å². The molecule has 0 bridgehead atoms. The van der Waals surface area contributed by atoms with E-state index in [1.807, 2.05) is 37.3 Å². The van der Waals surface area contributed by atoms with Crippen LogP contribution < -0.4 is 15.4 Å². The third-order valence-electron chi connectivity index (χ3n) is 4.24. The zero-order valence-electron chi connectivity index (χ0n) is 15.6. The second-order valence-electron chi connectivity index (χ2n) is 6.34. The van der Waals surface area contributed by atoms with Gasteiger partial charge in [0.25, 0.3) is 0 Å². The lowest BCUT2D eigenvalue weighted by molar-refractivity contribution is 0.414. The molecule has 0 fully saturated rings. The van der Waals surface area contributed by atoms with Crippen molar-refractivity contribution in [3.8, 4) is 5.75 Å². The summed E-state index contributed by atoms with van der Waals surface area (Å²) in [6.07, 6.45) is 0. The van der Waals surface area contributed by atoms with Gasteiger partial charge in [0.15, 0.2) is 0 Å². The summed E-state index contributed by atoms with van der Waals surface area (Å²) in [7, 11) is 1.66. The molecule has 134 valence electrons. The molecule has 0 spiro atoms. The van der Waals surface area contributed by atoms with Crippen molar-refractivity contribution in [1.29, 1.82) is 0 Å². The van der Waals surface area contributed by atoms with Gasteiger partial charge in [0.05, 0.1) is 7.11 Å². The van der Waals surface area contributed by atoms with E-state index in [2.05, 4.69) is 52.6 Å². The highest BCUT2D eigenvalue weighted by atomic mass is 16.5. The van der Waals surface area contributed by atoms with Crippen molar-refractivity contribution in [1.82, 2.24) is 9.97 Å². The number of aromatic nitrogens is 2. The molecule has 0 atom stereocenters. The zero-order chi connectivity index (χ0) is 18.5. The number of nitrogens with one attached hydrogen (secondary N) is 2. The molecule has 0 aliphatic heterocycles. The van der Waals surface area contributed by atoms with E-state index >= 15 is 0 Å². The standard InChI is InChI=1S/C21H24N4O/c1-14-5-8-18(11-15(14)2)24-20-12-16(3)23-21(25-20)22-13-17-6-9-19(26-4)10-7-17/h5-12H,13H2,1-4H3,(H2,22,23,24,25). The van der Waals surface area contributed by atoms with Gasteiger partial charge in [0.1, 0.15) is 11.6 Å². The fourth-order valence-electron chi connectivity index (χ4n) is 2.60. The lowest BCUT2D eigenvalue weighted by atomic mass is 10.1. The van der Waals surface area contributed by atoms with Crippen LogP contribution in [-0.2, 0) is 6.54 Å². The number of ether oxygens (including phenoxy) is 1. The predicted molar refractivity (Wildman–Crippen MR) is 106 cm³/mol. The Morgan fingerprint density at radius 3 is 2.35 bits per heavy atom.